The molecule has 0 unspecified atom stereocenters. The van der Waals surface area contributed by atoms with Gasteiger partial charge in [0.1, 0.15) is 5.82 Å². The predicted octanol–water partition coefficient (Wildman–Crippen LogP) is 2.55. The molecule has 0 bridgehead atoms. The molecular weight excluding hydrogens is 263 g/mol. The van der Waals surface area contributed by atoms with E-state index in [0.29, 0.717) is 38.0 Å². The molecule has 1 atom stereocenters. The molecule has 1 aliphatic rings. The average Bonchev–Trinajstić information content (AvgIpc) is 2.46. The van der Waals surface area contributed by atoms with Gasteiger partial charge in [-0.3, -0.25) is 0 Å². The maximum Gasteiger partial charge on any atom is 0.335 e. The van der Waals surface area contributed by atoms with Crippen molar-refractivity contribution >= 4 is 5.97 Å². The van der Waals surface area contributed by atoms with Crippen LogP contribution in [0.25, 0.3) is 0 Å². The van der Waals surface area contributed by atoms with Crippen LogP contribution in [-0.2, 0) is 10.3 Å². The number of carboxylic acids is 1. The average molecular weight is 282 g/mol. The lowest BCUT2D eigenvalue weighted by molar-refractivity contribution is -0.0732. The van der Waals surface area contributed by atoms with E-state index in [9.17, 15) is 14.3 Å². The zero-order valence-electron chi connectivity index (χ0n) is 11.4. The molecular formula is C15H19FO4. The van der Waals surface area contributed by atoms with Gasteiger partial charge in [0.15, 0.2) is 0 Å². The highest BCUT2D eigenvalue weighted by Gasteiger charge is 2.38. The maximum atomic E-state index is 13.6. The molecule has 1 aliphatic heterocycles. The summed E-state index contributed by atoms with van der Waals surface area (Å²) in [5.74, 6) is -1.89. The van der Waals surface area contributed by atoms with Crippen molar-refractivity contribution in [1.82, 2.24) is 0 Å². The third-order valence-electron chi connectivity index (χ3n) is 4.08. The molecule has 5 heteroatoms. The van der Waals surface area contributed by atoms with Crippen LogP contribution in [0.1, 0.15) is 42.1 Å². The van der Waals surface area contributed by atoms with E-state index in [2.05, 4.69) is 0 Å². The molecule has 1 saturated heterocycles. The van der Waals surface area contributed by atoms with E-state index >= 15 is 0 Å². The van der Waals surface area contributed by atoms with Gasteiger partial charge >= 0.3 is 5.97 Å². The quantitative estimate of drug-likeness (QED) is 0.890. The number of hydrogen-bond donors (Lipinski definition) is 2. The highest BCUT2D eigenvalue weighted by Crippen LogP contribution is 2.39. The molecule has 4 nitrogen and oxygen atoms in total. The Bertz CT molecular complexity index is 497. The summed E-state index contributed by atoms with van der Waals surface area (Å²) in [6.45, 7) is 2.95. The van der Waals surface area contributed by atoms with E-state index < -0.39 is 17.4 Å². The Hall–Kier alpha value is -1.46. The van der Waals surface area contributed by atoms with Crippen LogP contribution in [0.2, 0.25) is 0 Å². The minimum absolute atomic E-state index is 0.0512. The third-order valence-corrected chi connectivity index (χ3v) is 4.08. The van der Waals surface area contributed by atoms with Crippen LogP contribution in [0.5, 0.6) is 0 Å². The largest absolute Gasteiger partial charge is 0.478 e. The number of ether oxygens (including phenoxy) is 1. The van der Waals surface area contributed by atoms with Gasteiger partial charge in [0.2, 0.25) is 0 Å². The predicted molar refractivity (Wildman–Crippen MR) is 71.1 cm³/mol. The van der Waals surface area contributed by atoms with Gasteiger partial charge in [-0.25, -0.2) is 9.18 Å². The summed E-state index contributed by atoms with van der Waals surface area (Å²) in [5.41, 5.74) is -1.01. The van der Waals surface area contributed by atoms with Crippen LogP contribution < -0.4 is 0 Å². The second-order valence-electron chi connectivity index (χ2n) is 5.20. The second kappa shape index (κ2) is 5.89. The topological polar surface area (TPSA) is 66.8 Å². The smallest absolute Gasteiger partial charge is 0.335 e. The van der Waals surface area contributed by atoms with Gasteiger partial charge in [0.25, 0.3) is 0 Å². The molecule has 0 spiro atoms. The molecule has 1 aromatic carbocycles. The highest BCUT2D eigenvalue weighted by atomic mass is 19.1. The van der Waals surface area contributed by atoms with Crippen LogP contribution in [-0.4, -0.2) is 29.4 Å². The first-order valence-corrected chi connectivity index (χ1v) is 6.82. The van der Waals surface area contributed by atoms with Crippen molar-refractivity contribution < 1.29 is 24.1 Å². The number of hydrogen-bond acceptors (Lipinski definition) is 3. The Morgan fingerprint density at radius 2 is 2.05 bits per heavy atom. The van der Waals surface area contributed by atoms with E-state index in [-0.39, 0.29) is 11.5 Å². The summed E-state index contributed by atoms with van der Waals surface area (Å²) >= 11 is 0. The van der Waals surface area contributed by atoms with Gasteiger partial charge in [0, 0.05) is 13.2 Å². The van der Waals surface area contributed by atoms with Gasteiger partial charge in [-0.15, -0.1) is 0 Å². The molecule has 20 heavy (non-hydrogen) atoms. The summed E-state index contributed by atoms with van der Waals surface area (Å²) in [5, 5.41) is 19.9. The Morgan fingerprint density at radius 3 is 2.60 bits per heavy atom. The molecule has 0 aromatic heterocycles. The van der Waals surface area contributed by atoms with Crippen LogP contribution in [0.4, 0.5) is 4.39 Å². The number of aromatic carboxylic acids is 1. The number of aliphatic hydroxyl groups is 1. The molecule has 0 saturated carbocycles. The molecule has 0 amide bonds. The zero-order chi connectivity index (χ0) is 14.8. The van der Waals surface area contributed by atoms with Crippen LogP contribution >= 0.6 is 0 Å². The van der Waals surface area contributed by atoms with Crippen molar-refractivity contribution in [3.63, 3.8) is 0 Å². The monoisotopic (exact) mass is 282 g/mol. The minimum Gasteiger partial charge on any atom is -0.478 e. The normalized spacial score (nSPS) is 19.6. The van der Waals surface area contributed by atoms with Crippen molar-refractivity contribution in [2.45, 2.75) is 31.8 Å². The summed E-state index contributed by atoms with van der Waals surface area (Å²) in [6, 6.07) is 3.56. The summed E-state index contributed by atoms with van der Waals surface area (Å²) in [6.07, 6.45) is 1.77. The zero-order valence-corrected chi connectivity index (χ0v) is 11.4. The van der Waals surface area contributed by atoms with Crippen LogP contribution in [0.3, 0.4) is 0 Å². The van der Waals surface area contributed by atoms with E-state index in [1.54, 1.807) is 0 Å². The molecule has 1 heterocycles. The first-order chi connectivity index (χ1) is 9.47. The lowest BCUT2D eigenvalue weighted by atomic mass is 9.75. The van der Waals surface area contributed by atoms with E-state index in [4.69, 9.17) is 9.84 Å². The van der Waals surface area contributed by atoms with E-state index in [0.717, 1.165) is 6.07 Å². The number of halogens is 1. The third kappa shape index (κ3) is 2.83. The maximum absolute atomic E-state index is 13.6. The van der Waals surface area contributed by atoms with Gasteiger partial charge in [-0.1, -0.05) is 6.92 Å². The number of benzene rings is 1. The minimum atomic E-state index is -1.21. The van der Waals surface area contributed by atoms with Crippen molar-refractivity contribution in [3.8, 4) is 0 Å². The Balaban J connectivity index is 2.41. The molecule has 2 rings (SSSR count). The highest BCUT2D eigenvalue weighted by molar-refractivity contribution is 5.87. The Morgan fingerprint density at radius 1 is 1.40 bits per heavy atom. The van der Waals surface area contributed by atoms with Crippen molar-refractivity contribution in [2.75, 3.05) is 13.2 Å². The molecule has 2 N–H and O–H groups in total. The van der Waals surface area contributed by atoms with E-state index in [1.807, 2.05) is 6.92 Å². The van der Waals surface area contributed by atoms with Crippen LogP contribution in [0, 0.1) is 11.7 Å². The van der Waals surface area contributed by atoms with Gasteiger partial charge in [-0.2, -0.15) is 0 Å². The van der Waals surface area contributed by atoms with Gasteiger partial charge in [0.05, 0.1) is 11.2 Å². The Labute approximate surface area is 117 Å². The Kier molecular flexibility index (Phi) is 4.40. The molecule has 0 radical (unpaired) electrons. The van der Waals surface area contributed by atoms with Crippen molar-refractivity contribution in [2.24, 2.45) is 5.92 Å². The SMILES string of the molecule is CC[C@](O)(c1cc(F)cc(C(=O)O)c1)C1CCOCC1. The molecule has 1 aromatic rings. The first kappa shape index (κ1) is 14.9. The summed E-state index contributed by atoms with van der Waals surface area (Å²) in [7, 11) is 0. The standard InChI is InChI=1S/C15H19FO4/c1-2-15(19,11-3-5-20-6-4-11)12-7-10(14(17)18)8-13(16)9-12/h7-9,11,19H,2-6H2,1H3,(H,17,18)/t15-/m1/s1. The fourth-order valence-corrected chi connectivity index (χ4v) is 2.87. The summed E-state index contributed by atoms with van der Waals surface area (Å²) < 4.78 is 18.9. The number of carboxylic acid groups (broad SMARTS) is 1. The lowest BCUT2D eigenvalue weighted by Gasteiger charge is -2.38. The molecule has 110 valence electrons. The molecule has 0 aliphatic carbocycles. The number of rotatable bonds is 4. The fraction of sp³-hybridized carbons (Fsp3) is 0.533. The number of carbonyl (C=O) groups is 1. The second-order valence-corrected chi connectivity index (χ2v) is 5.20. The summed E-state index contributed by atoms with van der Waals surface area (Å²) in [4.78, 5) is 11.0. The fourth-order valence-electron chi connectivity index (χ4n) is 2.87. The lowest BCUT2D eigenvalue weighted by Crippen LogP contribution is -2.38. The van der Waals surface area contributed by atoms with E-state index in [1.165, 1.54) is 12.1 Å². The first-order valence-electron chi connectivity index (χ1n) is 6.82. The van der Waals surface area contributed by atoms with Crippen LogP contribution in [0.15, 0.2) is 18.2 Å². The van der Waals surface area contributed by atoms with Gasteiger partial charge in [-0.05, 0) is 48.9 Å². The van der Waals surface area contributed by atoms with Crippen molar-refractivity contribution in [3.05, 3.63) is 35.1 Å². The van der Waals surface area contributed by atoms with Gasteiger partial charge < -0.3 is 14.9 Å². The molecule has 1 fully saturated rings. The van der Waals surface area contributed by atoms with Crippen molar-refractivity contribution in [1.29, 1.82) is 0 Å².